The number of aliphatic imine (C=N–C) groups is 1. The van der Waals surface area contributed by atoms with Crippen LogP contribution in [0.2, 0.25) is 10.0 Å². The summed E-state index contributed by atoms with van der Waals surface area (Å²) in [6.45, 7) is 0. The van der Waals surface area contributed by atoms with Crippen molar-refractivity contribution in [3.63, 3.8) is 0 Å². The van der Waals surface area contributed by atoms with Crippen molar-refractivity contribution in [3.05, 3.63) is 40.4 Å². The second kappa shape index (κ2) is 6.22. The van der Waals surface area contributed by atoms with Crippen LogP contribution in [0.4, 0.5) is 5.69 Å². The molecule has 0 spiro atoms. The van der Waals surface area contributed by atoms with Gasteiger partial charge in [0.1, 0.15) is 5.69 Å². The van der Waals surface area contributed by atoms with E-state index in [-0.39, 0.29) is 12.3 Å². The summed E-state index contributed by atoms with van der Waals surface area (Å²) >= 11 is 12.1. The Balaban J connectivity index is 2.36. The van der Waals surface area contributed by atoms with Gasteiger partial charge in [0.25, 0.3) is 0 Å². The summed E-state index contributed by atoms with van der Waals surface area (Å²) in [6, 6.07) is 5.18. The lowest BCUT2D eigenvalue weighted by Crippen LogP contribution is -2.19. The number of halogens is 2. The highest BCUT2D eigenvalue weighted by atomic mass is 35.5. The van der Waals surface area contributed by atoms with Crippen molar-refractivity contribution in [2.45, 2.75) is 19.3 Å². The highest BCUT2D eigenvalue weighted by Crippen LogP contribution is 2.34. The van der Waals surface area contributed by atoms with E-state index in [0.717, 1.165) is 18.6 Å². The third kappa shape index (κ3) is 3.58. The van der Waals surface area contributed by atoms with Crippen LogP contribution >= 0.6 is 23.2 Å². The monoisotopic (exact) mass is 297 g/mol. The van der Waals surface area contributed by atoms with Gasteiger partial charge in [-0.2, -0.15) is 0 Å². The van der Waals surface area contributed by atoms with Crippen LogP contribution in [0.15, 0.2) is 35.3 Å². The second-order valence-electron chi connectivity index (χ2n) is 4.38. The predicted molar refractivity (Wildman–Crippen MR) is 77.7 cm³/mol. The smallest absolute Gasteiger partial charge is 0.304 e. The molecule has 1 aliphatic carbocycles. The van der Waals surface area contributed by atoms with Gasteiger partial charge in [-0.25, -0.2) is 0 Å². The van der Waals surface area contributed by atoms with Crippen molar-refractivity contribution in [2.24, 2.45) is 10.9 Å². The molecule has 0 fully saturated rings. The largest absolute Gasteiger partial charge is 0.481 e. The number of benzene rings is 1. The van der Waals surface area contributed by atoms with E-state index in [4.69, 9.17) is 28.3 Å². The van der Waals surface area contributed by atoms with Crippen LogP contribution in [0.1, 0.15) is 19.3 Å². The molecule has 2 rings (SSSR count). The molecule has 0 aliphatic heterocycles. The summed E-state index contributed by atoms with van der Waals surface area (Å²) in [6.07, 6.45) is 5.57. The van der Waals surface area contributed by atoms with Crippen LogP contribution < -0.4 is 0 Å². The number of rotatable bonds is 3. The molecule has 1 aromatic rings. The fraction of sp³-hybridized carbons (Fsp3) is 0.286. The Morgan fingerprint density at radius 3 is 2.68 bits per heavy atom. The predicted octanol–water partition coefficient (Wildman–Crippen LogP) is 4.51. The maximum absolute atomic E-state index is 10.9. The van der Waals surface area contributed by atoms with Crippen LogP contribution in [0.25, 0.3) is 0 Å². The Labute approximate surface area is 121 Å². The number of carboxylic acid groups (broad SMARTS) is 1. The number of para-hydroxylation sites is 1. The summed E-state index contributed by atoms with van der Waals surface area (Å²) in [4.78, 5) is 15.3. The molecular formula is C14H13Cl2NO2. The molecule has 5 heteroatoms. The Kier molecular flexibility index (Phi) is 4.61. The van der Waals surface area contributed by atoms with E-state index in [1.807, 2.05) is 12.2 Å². The lowest BCUT2D eigenvalue weighted by Gasteiger charge is -2.18. The van der Waals surface area contributed by atoms with Crippen LogP contribution in [0.3, 0.4) is 0 Å². The molecule has 1 N–H and O–H groups in total. The molecule has 100 valence electrons. The molecule has 0 amide bonds. The Hall–Kier alpha value is -1.32. The Morgan fingerprint density at radius 1 is 1.37 bits per heavy atom. The molecule has 0 heterocycles. The SMILES string of the molecule is O=C(O)CC1CCC=CC1=Nc1c(Cl)cccc1Cl. The summed E-state index contributed by atoms with van der Waals surface area (Å²) < 4.78 is 0. The Bertz CT molecular complexity index is 532. The molecule has 1 aromatic carbocycles. The van der Waals surface area contributed by atoms with Gasteiger partial charge in [-0.15, -0.1) is 0 Å². The topological polar surface area (TPSA) is 49.7 Å². The molecule has 1 unspecified atom stereocenters. The first-order chi connectivity index (χ1) is 9.08. The van der Waals surface area contributed by atoms with Crippen molar-refractivity contribution in [2.75, 3.05) is 0 Å². The van der Waals surface area contributed by atoms with E-state index in [0.29, 0.717) is 15.7 Å². The number of hydrogen-bond donors (Lipinski definition) is 1. The average molecular weight is 298 g/mol. The van der Waals surface area contributed by atoms with Gasteiger partial charge in [-0.1, -0.05) is 35.3 Å². The number of hydrogen-bond acceptors (Lipinski definition) is 2. The molecule has 0 bridgehead atoms. The van der Waals surface area contributed by atoms with E-state index in [1.54, 1.807) is 18.2 Å². The minimum Gasteiger partial charge on any atom is -0.481 e. The maximum Gasteiger partial charge on any atom is 0.304 e. The summed E-state index contributed by atoms with van der Waals surface area (Å²) in [5, 5.41) is 9.86. The summed E-state index contributed by atoms with van der Waals surface area (Å²) in [5.74, 6) is -0.909. The lowest BCUT2D eigenvalue weighted by atomic mass is 9.89. The molecule has 0 radical (unpaired) electrons. The highest BCUT2D eigenvalue weighted by molar-refractivity contribution is 6.39. The first kappa shape index (κ1) is 14.1. The van der Waals surface area contributed by atoms with Crippen molar-refractivity contribution in [1.82, 2.24) is 0 Å². The van der Waals surface area contributed by atoms with Gasteiger partial charge >= 0.3 is 5.97 Å². The number of aliphatic carboxylic acids is 1. The van der Waals surface area contributed by atoms with Crippen LogP contribution in [0.5, 0.6) is 0 Å². The van der Waals surface area contributed by atoms with Gasteiger partial charge in [-0.3, -0.25) is 9.79 Å². The fourth-order valence-electron chi connectivity index (χ4n) is 2.06. The second-order valence-corrected chi connectivity index (χ2v) is 5.20. The fourth-order valence-corrected chi connectivity index (χ4v) is 2.54. The van der Waals surface area contributed by atoms with Gasteiger partial charge in [0.15, 0.2) is 0 Å². The van der Waals surface area contributed by atoms with Crippen molar-refractivity contribution in [1.29, 1.82) is 0 Å². The first-order valence-corrected chi connectivity index (χ1v) is 6.74. The van der Waals surface area contributed by atoms with E-state index in [9.17, 15) is 4.79 Å². The van der Waals surface area contributed by atoms with Crippen molar-refractivity contribution < 1.29 is 9.90 Å². The molecule has 1 aliphatic rings. The number of nitrogens with zero attached hydrogens (tertiary/aromatic N) is 1. The number of carboxylic acids is 1. The van der Waals surface area contributed by atoms with Crippen molar-refractivity contribution >= 4 is 40.6 Å². The minimum absolute atomic E-state index is 0.0746. The molecule has 3 nitrogen and oxygen atoms in total. The highest BCUT2D eigenvalue weighted by Gasteiger charge is 2.20. The first-order valence-electron chi connectivity index (χ1n) is 5.99. The molecule has 1 atom stereocenters. The number of carbonyl (C=O) groups is 1. The Morgan fingerprint density at radius 2 is 2.05 bits per heavy atom. The van der Waals surface area contributed by atoms with Gasteiger partial charge in [0, 0.05) is 11.6 Å². The minimum atomic E-state index is -0.821. The van der Waals surface area contributed by atoms with E-state index < -0.39 is 5.97 Å². The summed E-state index contributed by atoms with van der Waals surface area (Å²) in [5.41, 5.74) is 1.23. The van der Waals surface area contributed by atoms with Crippen LogP contribution in [-0.2, 0) is 4.79 Å². The van der Waals surface area contributed by atoms with Gasteiger partial charge in [-0.05, 0) is 31.1 Å². The standard InChI is InChI=1S/C14H13Cl2NO2/c15-10-5-3-6-11(16)14(10)17-12-7-2-1-4-9(12)8-13(18)19/h2-3,5-7,9H,1,4,8H2,(H,18,19). The normalized spacial score (nSPS) is 20.7. The van der Waals surface area contributed by atoms with E-state index >= 15 is 0 Å². The maximum atomic E-state index is 10.9. The molecular weight excluding hydrogens is 285 g/mol. The third-order valence-corrected chi connectivity index (χ3v) is 3.60. The van der Waals surface area contributed by atoms with Gasteiger partial charge in [0.2, 0.25) is 0 Å². The molecule has 0 aromatic heterocycles. The number of allylic oxidation sites excluding steroid dienone is 2. The van der Waals surface area contributed by atoms with Crippen molar-refractivity contribution in [3.8, 4) is 0 Å². The molecule has 0 saturated heterocycles. The average Bonchev–Trinajstić information content (AvgIpc) is 2.35. The molecule has 0 saturated carbocycles. The zero-order chi connectivity index (χ0) is 13.8. The lowest BCUT2D eigenvalue weighted by molar-refractivity contribution is -0.137. The van der Waals surface area contributed by atoms with Crippen LogP contribution in [-0.4, -0.2) is 16.8 Å². The zero-order valence-corrected chi connectivity index (χ0v) is 11.7. The van der Waals surface area contributed by atoms with Gasteiger partial charge in [0.05, 0.1) is 16.5 Å². The van der Waals surface area contributed by atoms with Crippen LogP contribution in [0, 0.1) is 5.92 Å². The summed E-state index contributed by atoms with van der Waals surface area (Å²) in [7, 11) is 0. The molecule has 19 heavy (non-hydrogen) atoms. The third-order valence-electron chi connectivity index (χ3n) is 2.99. The van der Waals surface area contributed by atoms with E-state index in [2.05, 4.69) is 4.99 Å². The zero-order valence-electron chi connectivity index (χ0n) is 10.1. The van der Waals surface area contributed by atoms with Gasteiger partial charge < -0.3 is 5.11 Å². The van der Waals surface area contributed by atoms with E-state index in [1.165, 1.54) is 0 Å². The quantitative estimate of drug-likeness (QED) is 0.892.